The second-order valence-electron chi connectivity index (χ2n) is 4.49. The molecule has 0 radical (unpaired) electrons. The number of nitrogens with zero attached hydrogens (tertiary/aromatic N) is 1. The van der Waals surface area contributed by atoms with Crippen LogP contribution in [0.3, 0.4) is 0 Å². The molecule has 0 heterocycles. The van der Waals surface area contributed by atoms with Gasteiger partial charge in [-0.1, -0.05) is 23.3 Å². The van der Waals surface area contributed by atoms with Crippen molar-refractivity contribution in [2.45, 2.75) is 46.0 Å². The van der Waals surface area contributed by atoms with Gasteiger partial charge in [0, 0.05) is 12.1 Å². The van der Waals surface area contributed by atoms with Crippen LogP contribution in [0.15, 0.2) is 28.5 Å². The summed E-state index contributed by atoms with van der Waals surface area (Å²) >= 11 is 0. The molecule has 0 aromatic rings. The Morgan fingerprint density at radius 1 is 1.60 bits per heavy atom. The van der Waals surface area contributed by atoms with E-state index in [9.17, 15) is 0 Å². The summed E-state index contributed by atoms with van der Waals surface area (Å²) in [7, 11) is 0. The molecule has 0 aliphatic heterocycles. The molecule has 2 heteroatoms. The van der Waals surface area contributed by atoms with Crippen LogP contribution in [0.5, 0.6) is 0 Å². The molecular weight excluding hydrogens is 186 g/mol. The van der Waals surface area contributed by atoms with E-state index in [1.165, 1.54) is 11.1 Å². The van der Waals surface area contributed by atoms with Crippen molar-refractivity contribution in [1.29, 1.82) is 0 Å². The lowest BCUT2D eigenvalue weighted by molar-refractivity contribution is 0.317. The van der Waals surface area contributed by atoms with E-state index >= 15 is 0 Å². The molecule has 0 spiro atoms. The topological polar surface area (TPSA) is 32.6 Å². The molecule has 0 bridgehead atoms. The van der Waals surface area contributed by atoms with E-state index in [0.29, 0.717) is 5.92 Å². The highest BCUT2D eigenvalue weighted by atomic mass is 16.4. The Morgan fingerprint density at radius 3 is 3.07 bits per heavy atom. The van der Waals surface area contributed by atoms with E-state index in [1.807, 2.05) is 0 Å². The summed E-state index contributed by atoms with van der Waals surface area (Å²) in [4.78, 5) is 0. The summed E-state index contributed by atoms with van der Waals surface area (Å²) < 4.78 is 0. The molecule has 1 rings (SSSR count). The van der Waals surface area contributed by atoms with Gasteiger partial charge in [-0.25, -0.2) is 0 Å². The van der Waals surface area contributed by atoms with E-state index in [0.717, 1.165) is 32.1 Å². The lowest BCUT2D eigenvalue weighted by Crippen LogP contribution is -2.08. The molecule has 0 fully saturated rings. The van der Waals surface area contributed by atoms with E-state index in [4.69, 9.17) is 5.21 Å². The van der Waals surface area contributed by atoms with Crippen LogP contribution >= 0.6 is 0 Å². The van der Waals surface area contributed by atoms with Crippen LogP contribution in [0.2, 0.25) is 0 Å². The minimum Gasteiger partial charge on any atom is -0.411 e. The monoisotopic (exact) mass is 207 g/mol. The summed E-state index contributed by atoms with van der Waals surface area (Å²) in [5, 5.41) is 11.6. The Bertz CT molecular complexity index is 272. The minimum absolute atomic E-state index is 0.446. The first kappa shape index (κ1) is 12.0. The van der Waals surface area contributed by atoms with Crippen LogP contribution in [0.25, 0.3) is 0 Å². The quantitative estimate of drug-likeness (QED) is 0.322. The lowest BCUT2D eigenvalue weighted by Gasteiger charge is -2.18. The first-order chi connectivity index (χ1) is 7.22. The van der Waals surface area contributed by atoms with Gasteiger partial charge in [0.2, 0.25) is 0 Å². The maximum atomic E-state index is 8.49. The summed E-state index contributed by atoms with van der Waals surface area (Å²) in [5.41, 5.74) is 2.91. The van der Waals surface area contributed by atoms with Crippen LogP contribution < -0.4 is 0 Å². The zero-order valence-corrected chi connectivity index (χ0v) is 9.74. The first-order valence-corrected chi connectivity index (χ1v) is 5.71. The van der Waals surface area contributed by atoms with E-state index in [-0.39, 0.29) is 0 Å². The summed E-state index contributed by atoms with van der Waals surface area (Å²) in [6, 6.07) is 0. The Balaban J connectivity index is 2.36. The van der Waals surface area contributed by atoms with Gasteiger partial charge in [0.1, 0.15) is 0 Å². The zero-order valence-electron chi connectivity index (χ0n) is 9.74. The fourth-order valence-corrected chi connectivity index (χ4v) is 2.00. The number of hydrogen-bond acceptors (Lipinski definition) is 2. The largest absolute Gasteiger partial charge is 0.411 e. The molecule has 1 aliphatic rings. The summed E-state index contributed by atoms with van der Waals surface area (Å²) in [6.45, 7) is 4.27. The summed E-state index contributed by atoms with van der Waals surface area (Å²) in [5.74, 6) is 0.446. The fraction of sp³-hybridized carbons (Fsp3) is 0.615. The van der Waals surface area contributed by atoms with E-state index < -0.39 is 0 Å². The van der Waals surface area contributed by atoms with Gasteiger partial charge in [-0.3, -0.25) is 0 Å². The van der Waals surface area contributed by atoms with Crippen molar-refractivity contribution in [2.75, 3.05) is 0 Å². The molecule has 2 nitrogen and oxygen atoms in total. The molecule has 0 amide bonds. The fourth-order valence-electron chi connectivity index (χ4n) is 2.00. The van der Waals surface area contributed by atoms with Gasteiger partial charge in [-0.15, -0.1) is 5.16 Å². The third-order valence-corrected chi connectivity index (χ3v) is 2.79. The van der Waals surface area contributed by atoms with Crippen molar-refractivity contribution in [3.63, 3.8) is 0 Å². The van der Waals surface area contributed by atoms with Gasteiger partial charge in [-0.2, -0.15) is 0 Å². The molecule has 15 heavy (non-hydrogen) atoms. The zero-order chi connectivity index (χ0) is 11.1. The predicted molar refractivity (Wildman–Crippen MR) is 64.4 cm³/mol. The van der Waals surface area contributed by atoms with Crippen LogP contribution in [-0.4, -0.2) is 11.4 Å². The highest BCUT2D eigenvalue weighted by Crippen LogP contribution is 2.25. The maximum Gasteiger partial charge on any atom is 0.0470 e. The Labute approximate surface area is 92.4 Å². The molecule has 0 saturated heterocycles. The van der Waals surface area contributed by atoms with Crippen LogP contribution in [0, 0.1) is 5.92 Å². The highest BCUT2D eigenvalue weighted by molar-refractivity contribution is 5.60. The average molecular weight is 207 g/mol. The van der Waals surface area contributed by atoms with Gasteiger partial charge >= 0.3 is 0 Å². The van der Waals surface area contributed by atoms with Gasteiger partial charge in [0.15, 0.2) is 0 Å². The lowest BCUT2D eigenvalue weighted by atomic mass is 9.87. The van der Waals surface area contributed by atoms with Crippen molar-refractivity contribution >= 4 is 6.21 Å². The van der Waals surface area contributed by atoms with Gasteiger partial charge in [0.05, 0.1) is 0 Å². The average Bonchev–Trinajstić information content (AvgIpc) is 2.18. The third-order valence-electron chi connectivity index (χ3n) is 2.79. The number of rotatable bonds is 4. The van der Waals surface area contributed by atoms with Crippen molar-refractivity contribution in [3.05, 3.63) is 23.3 Å². The third kappa shape index (κ3) is 4.82. The molecule has 1 aliphatic carbocycles. The number of hydrogen-bond donors (Lipinski definition) is 1. The number of oxime groups is 1. The maximum absolute atomic E-state index is 8.49. The molecule has 0 aromatic carbocycles. The van der Waals surface area contributed by atoms with Crippen LogP contribution in [-0.2, 0) is 0 Å². The van der Waals surface area contributed by atoms with Crippen molar-refractivity contribution in [3.8, 4) is 0 Å². The molecule has 0 saturated carbocycles. The number of allylic oxidation sites excluding steroid dienone is 4. The highest BCUT2D eigenvalue weighted by Gasteiger charge is 2.12. The molecule has 0 aromatic heterocycles. The summed E-state index contributed by atoms with van der Waals surface area (Å²) in [6.07, 6.45) is 11.9. The van der Waals surface area contributed by atoms with Crippen molar-refractivity contribution in [1.82, 2.24) is 0 Å². The van der Waals surface area contributed by atoms with Crippen LogP contribution in [0.1, 0.15) is 46.0 Å². The second-order valence-corrected chi connectivity index (χ2v) is 4.49. The first-order valence-electron chi connectivity index (χ1n) is 5.71. The normalized spacial score (nSPS) is 21.5. The Morgan fingerprint density at radius 2 is 2.40 bits per heavy atom. The SMILES string of the molecule is CC(C)=CCCC1=CCCC(/C=N\O)C1. The minimum atomic E-state index is 0.446. The van der Waals surface area contributed by atoms with Gasteiger partial charge in [0.25, 0.3) is 0 Å². The van der Waals surface area contributed by atoms with Crippen molar-refractivity contribution < 1.29 is 5.21 Å². The smallest absolute Gasteiger partial charge is 0.0470 e. The van der Waals surface area contributed by atoms with E-state index in [2.05, 4.69) is 31.2 Å². The molecule has 1 unspecified atom stereocenters. The molecular formula is C13H21NO. The second kappa shape index (κ2) is 6.44. The van der Waals surface area contributed by atoms with E-state index in [1.54, 1.807) is 6.21 Å². The van der Waals surface area contributed by atoms with Gasteiger partial charge in [-0.05, 0) is 46.0 Å². The molecule has 84 valence electrons. The Hall–Kier alpha value is -1.05. The standard InChI is InChI=1S/C13H21NO/c1-11(2)5-3-6-12-7-4-8-13(9-12)10-14-15/h5,7,10,13,15H,3-4,6,8-9H2,1-2H3/b14-10-. The van der Waals surface area contributed by atoms with Gasteiger partial charge < -0.3 is 5.21 Å². The van der Waals surface area contributed by atoms with Crippen LogP contribution in [0.4, 0.5) is 0 Å². The molecule has 1 N–H and O–H groups in total. The Kier molecular flexibility index (Phi) is 5.16. The molecule has 1 atom stereocenters. The van der Waals surface area contributed by atoms with Crippen molar-refractivity contribution in [2.24, 2.45) is 11.1 Å². The predicted octanol–water partition coefficient (Wildman–Crippen LogP) is 3.92.